The second-order valence-corrected chi connectivity index (χ2v) is 7.62. The van der Waals surface area contributed by atoms with Crippen molar-refractivity contribution in [3.63, 3.8) is 0 Å². The van der Waals surface area contributed by atoms with Crippen LogP contribution in [0.5, 0.6) is 0 Å². The Hall–Kier alpha value is -3.06. The molecule has 1 aliphatic heterocycles. The van der Waals surface area contributed by atoms with Gasteiger partial charge in [-0.2, -0.15) is 8.78 Å². The van der Waals surface area contributed by atoms with Gasteiger partial charge in [-0.3, -0.25) is 4.79 Å². The van der Waals surface area contributed by atoms with Crippen molar-refractivity contribution in [2.24, 2.45) is 0 Å². The van der Waals surface area contributed by atoms with Crippen molar-refractivity contribution in [1.29, 1.82) is 0 Å². The zero-order chi connectivity index (χ0) is 22.4. The van der Waals surface area contributed by atoms with E-state index in [2.05, 4.69) is 0 Å². The molecule has 1 unspecified atom stereocenters. The molecule has 2 N–H and O–H groups in total. The highest BCUT2D eigenvalue weighted by Crippen LogP contribution is 2.32. The normalized spacial score (nSPS) is 18.0. The molecule has 0 saturated carbocycles. The fourth-order valence-corrected chi connectivity index (χ4v) is 3.75. The lowest BCUT2D eigenvalue weighted by atomic mass is 10.0. The predicted octanol–water partition coefficient (Wildman–Crippen LogP) is 4.02. The van der Waals surface area contributed by atoms with E-state index in [0.29, 0.717) is 32.2 Å². The summed E-state index contributed by atoms with van der Waals surface area (Å²) in [4.78, 5) is 24.9. The maximum absolute atomic E-state index is 14.5. The minimum Gasteiger partial charge on any atom is -0.478 e. The first kappa shape index (κ1) is 22.6. The van der Waals surface area contributed by atoms with Gasteiger partial charge in [0.25, 0.3) is 0 Å². The van der Waals surface area contributed by atoms with Gasteiger partial charge in [-0.05, 0) is 37.0 Å². The van der Waals surface area contributed by atoms with Crippen LogP contribution >= 0.6 is 0 Å². The lowest BCUT2D eigenvalue weighted by molar-refractivity contribution is -0.128. The third-order valence-corrected chi connectivity index (χ3v) is 5.46. The van der Waals surface area contributed by atoms with Crippen LogP contribution in [-0.4, -0.2) is 45.7 Å². The summed E-state index contributed by atoms with van der Waals surface area (Å²) in [5.41, 5.74) is 0.801. The molecule has 3 rings (SSSR count). The van der Waals surface area contributed by atoms with Crippen LogP contribution in [0.2, 0.25) is 0 Å². The van der Waals surface area contributed by atoms with Crippen molar-refractivity contribution < 1.29 is 28.6 Å². The molecular weight excluding hydrogens is 404 g/mol. The number of alkyl halides is 2. The van der Waals surface area contributed by atoms with Crippen LogP contribution in [0, 0.1) is 0 Å². The maximum Gasteiger partial charge on any atom is 0.335 e. The van der Waals surface area contributed by atoms with E-state index in [1.54, 1.807) is 23.1 Å². The second-order valence-electron chi connectivity index (χ2n) is 7.62. The molecule has 2 aromatic rings. The average molecular weight is 429 g/mol. The monoisotopic (exact) mass is 429 g/mol. The van der Waals surface area contributed by atoms with Gasteiger partial charge in [-0.25, -0.2) is 4.79 Å². The van der Waals surface area contributed by atoms with E-state index in [9.17, 15) is 23.5 Å². The number of carboxylic acid groups (broad SMARTS) is 1. The average Bonchev–Trinajstić information content (AvgIpc) is 3.12. The number of carbonyl (C=O) groups is 2. The summed E-state index contributed by atoms with van der Waals surface area (Å²) >= 11 is 0. The Balaban J connectivity index is 1.59. The van der Waals surface area contributed by atoms with Crippen molar-refractivity contribution in [3.05, 3.63) is 83.4 Å². The quantitative estimate of drug-likeness (QED) is 0.591. The molecule has 5 nitrogen and oxygen atoms in total. The molecule has 1 heterocycles. The minimum absolute atomic E-state index is 0.0572. The maximum atomic E-state index is 14.5. The van der Waals surface area contributed by atoms with E-state index in [1.165, 1.54) is 36.4 Å². The number of aliphatic hydroxyl groups excluding tert-OH is 1. The van der Waals surface area contributed by atoms with Crippen molar-refractivity contribution in [1.82, 2.24) is 4.90 Å². The van der Waals surface area contributed by atoms with Crippen LogP contribution in [0.3, 0.4) is 0 Å². The Bertz CT molecular complexity index is 946. The topological polar surface area (TPSA) is 77.8 Å². The largest absolute Gasteiger partial charge is 0.478 e. The smallest absolute Gasteiger partial charge is 0.335 e. The molecule has 0 aromatic heterocycles. The van der Waals surface area contributed by atoms with E-state index in [1.807, 2.05) is 6.07 Å². The number of rotatable bonds is 9. The number of aromatic carboxylic acids is 1. The Labute approximate surface area is 179 Å². The molecule has 0 radical (unpaired) electrons. The lowest BCUT2D eigenvalue weighted by Gasteiger charge is -2.24. The fourth-order valence-electron chi connectivity index (χ4n) is 3.75. The first-order valence-corrected chi connectivity index (χ1v) is 10.2. The third kappa shape index (κ3) is 5.55. The van der Waals surface area contributed by atoms with Gasteiger partial charge in [-0.1, -0.05) is 54.6 Å². The van der Waals surface area contributed by atoms with Crippen molar-refractivity contribution in [2.75, 3.05) is 6.54 Å². The molecule has 1 aliphatic rings. The Kier molecular flexibility index (Phi) is 7.17. The SMILES string of the molecule is O=C(O)c1cccc(CCCN2C(=O)CC[C@@H]2C=CC(O)C(F)(F)c2ccccc2)c1. The van der Waals surface area contributed by atoms with E-state index >= 15 is 0 Å². The molecule has 1 amide bonds. The number of carboxylic acids is 1. The molecule has 2 atom stereocenters. The summed E-state index contributed by atoms with van der Waals surface area (Å²) in [5.74, 6) is -4.48. The molecule has 0 aliphatic carbocycles. The molecule has 1 fully saturated rings. The fraction of sp³-hybridized carbons (Fsp3) is 0.333. The number of likely N-dealkylation sites (tertiary alicyclic amines) is 1. The first-order valence-electron chi connectivity index (χ1n) is 10.2. The summed E-state index contributed by atoms with van der Waals surface area (Å²) in [7, 11) is 0. The summed E-state index contributed by atoms with van der Waals surface area (Å²) in [5, 5.41) is 19.1. The minimum atomic E-state index is -3.43. The lowest BCUT2D eigenvalue weighted by Crippen LogP contribution is -2.34. The number of hydrogen-bond donors (Lipinski definition) is 2. The van der Waals surface area contributed by atoms with Crippen LogP contribution < -0.4 is 0 Å². The standard InChI is InChI=1S/C24H25F2NO4/c25-24(26,19-9-2-1-3-10-19)21(28)13-11-20-12-14-22(29)27(20)15-5-7-17-6-4-8-18(16-17)23(30)31/h1-4,6,8-11,13,16,20-21,28H,5,7,12,14-15H2,(H,30,31)/t20-,21?/m0/s1. The number of hydrogen-bond acceptors (Lipinski definition) is 3. The van der Waals surface area contributed by atoms with Crippen molar-refractivity contribution in [2.45, 2.75) is 43.8 Å². The molecule has 0 bridgehead atoms. The highest BCUT2D eigenvalue weighted by atomic mass is 19.3. The van der Waals surface area contributed by atoms with Gasteiger partial charge in [0.15, 0.2) is 0 Å². The summed E-state index contributed by atoms with van der Waals surface area (Å²) in [6, 6.07) is 13.4. The first-order chi connectivity index (χ1) is 14.8. The molecule has 7 heteroatoms. The molecule has 2 aromatic carbocycles. The van der Waals surface area contributed by atoms with E-state index in [4.69, 9.17) is 5.11 Å². The molecule has 1 saturated heterocycles. The van der Waals surface area contributed by atoms with Crippen molar-refractivity contribution >= 4 is 11.9 Å². The molecule has 31 heavy (non-hydrogen) atoms. The van der Waals surface area contributed by atoms with Crippen LogP contribution in [0.4, 0.5) is 8.78 Å². The Morgan fingerprint density at radius 2 is 1.94 bits per heavy atom. The number of halogens is 2. The van der Waals surface area contributed by atoms with Crippen LogP contribution in [0.1, 0.15) is 40.7 Å². The van der Waals surface area contributed by atoms with Crippen LogP contribution in [0.15, 0.2) is 66.7 Å². The highest BCUT2D eigenvalue weighted by Gasteiger charge is 2.39. The van der Waals surface area contributed by atoms with E-state index < -0.39 is 18.0 Å². The second kappa shape index (κ2) is 9.83. The Morgan fingerprint density at radius 1 is 1.19 bits per heavy atom. The van der Waals surface area contributed by atoms with Crippen LogP contribution in [-0.2, 0) is 17.1 Å². The van der Waals surface area contributed by atoms with Gasteiger partial charge in [-0.15, -0.1) is 0 Å². The van der Waals surface area contributed by atoms with Gasteiger partial charge in [0, 0.05) is 18.5 Å². The number of aliphatic hydroxyl groups is 1. The van der Waals surface area contributed by atoms with Crippen molar-refractivity contribution in [3.8, 4) is 0 Å². The number of carbonyl (C=O) groups excluding carboxylic acids is 1. The van der Waals surface area contributed by atoms with E-state index in [0.717, 1.165) is 11.6 Å². The zero-order valence-electron chi connectivity index (χ0n) is 17.0. The van der Waals surface area contributed by atoms with E-state index in [-0.39, 0.29) is 23.1 Å². The molecule has 0 spiro atoms. The third-order valence-electron chi connectivity index (χ3n) is 5.46. The number of amides is 1. The summed E-state index contributed by atoms with van der Waals surface area (Å²) < 4.78 is 28.9. The van der Waals surface area contributed by atoms with Gasteiger partial charge in [0.05, 0.1) is 11.6 Å². The van der Waals surface area contributed by atoms with Gasteiger partial charge >= 0.3 is 11.9 Å². The number of nitrogens with zero attached hydrogens (tertiary/aromatic N) is 1. The number of aryl methyl sites for hydroxylation is 1. The summed E-state index contributed by atoms with van der Waals surface area (Å²) in [6.45, 7) is 0.427. The van der Waals surface area contributed by atoms with Crippen LogP contribution in [0.25, 0.3) is 0 Å². The molecular formula is C24H25F2NO4. The zero-order valence-corrected chi connectivity index (χ0v) is 17.0. The predicted molar refractivity (Wildman–Crippen MR) is 112 cm³/mol. The molecule has 164 valence electrons. The highest BCUT2D eigenvalue weighted by molar-refractivity contribution is 5.87. The van der Waals surface area contributed by atoms with Gasteiger partial charge < -0.3 is 15.1 Å². The Morgan fingerprint density at radius 3 is 2.65 bits per heavy atom. The van der Waals surface area contributed by atoms with Gasteiger partial charge in [0.1, 0.15) is 6.10 Å². The summed E-state index contributed by atoms with van der Waals surface area (Å²) in [6.07, 6.45) is 2.60. The van der Waals surface area contributed by atoms with Gasteiger partial charge in [0.2, 0.25) is 5.91 Å². The number of benzene rings is 2.